The smallest absolute Gasteiger partial charge is 0.216 e. The van der Waals surface area contributed by atoms with Crippen LogP contribution in [0, 0.1) is 38.5 Å². The van der Waals surface area contributed by atoms with Gasteiger partial charge in [-0.3, -0.25) is 4.98 Å². The van der Waals surface area contributed by atoms with E-state index in [1.54, 1.807) is 18.3 Å². The van der Waals surface area contributed by atoms with Gasteiger partial charge >= 0.3 is 125 Å². The predicted octanol–water partition coefficient (Wildman–Crippen LogP) is 13.5. The van der Waals surface area contributed by atoms with Gasteiger partial charge in [-0.1, -0.05) is 89.0 Å². The molecule has 0 aliphatic heterocycles. The largest absolute Gasteiger partial charge is 0.486 e. The summed E-state index contributed by atoms with van der Waals surface area (Å²) in [6.45, 7) is -7.15. The molecule has 0 unspecified atom stereocenters. The second-order valence-corrected chi connectivity index (χ2v) is 26.3. The minimum Gasteiger partial charge on any atom is -0.486 e. The van der Waals surface area contributed by atoms with E-state index in [2.05, 4.69) is 38.8 Å². The van der Waals surface area contributed by atoms with Crippen molar-refractivity contribution >= 4 is 72.7 Å². The first-order valence-corrected chi connectivity index (χ1v) is 27.0. The summed E-state index contributed by atoms with van der Waals surface area (Å²) in [5.74, 6) is 5.85. The number of fused-ring (bicyclic) bond motifs is 7. The van der Waals surface area contributed by atoms with Crippen molar-refractivity contribution in [1.82, 2.24) is 19.5 Å². The molecule has 0 amide bonds. The summed E-state index contributed by atoms with van der Waals surface area (Å²) in [4.78, 5) is 13.9. The number of aromatic nitrogens is 4. The molecule has 0 aliphatic carbocycles. The molecule has 5 heterocycles. The van der Waals surface area contributed by atoms with E-state index in [1.165, 1.54) is 18.3 Å². The Morgan fingerprint density at radius 1 is 0.726 bits per heavy atom. The van der Waals surface area contributed by atoms with Crippen LogP contribution < -0.4 is 4.40 Å². The van der Waals surface area contributed by atoms with Crippen molar-refractivity contribution in [2.45, 2.75) is 37.8 Å². The van der Waals surface area contributed by atoms with Crippen LogP contribution in [-0.4, -0.2) is 32.8 Å². The van der Waals surface area contributed by atoms with E-state index < -0.39 is 45.2 Å². The van der Waals surface area contributed by atoms with Gasteiger partial charge in [0, 0.05) is 46.6 Å². The van der Waals surface area contributed by atoms with Gasteiger partial charge in [0.1, 0.15) is 5.58 Å². The summed E-state index contributed by atoms with van der Waals surface area (Å²) in [5.41, 5.74) is 7.59. The van der Waals surface area contributed by atoms with Gasteiger partial charge in [0.25, 0.3) is 0 Å². The molecule has 0 saturated carbocycles. The Balaban J connectivity index is 0.000000206. The Labute approximate surface area is 387 Å². The molecule has 1 radical (unpaired) electrons. The number of hydrogen-bond donors (Lipinski definition) is 0. The molecule has 11 aromatic rings. The maximum absolute atomic E-state index is 14.7. The van der Waals surface area contributed by atoms with E-state index in [-0.39, 0.29) is 42.5 Å². The molecule has 0 fully saturated rings. The summed E-state index contributed by atoms with van der Waals surface area (Å²) in [6.07, 6.45) is 3.20. The van der Waals surface area contributed by atoms with Gasteiger partial charge in [-0.25, -0.2) is 4.98 Å². The molecule has 6 nitrogen and oxygen atoms in total. The number of rotatable bonds is 5. The summed E-state index contributed by atoms with van der Waals surface area (Å²) < 4.78 is 99.4. The van der Waals surface area contributed by atoms with E-state index in [4.69, 9.17) is 26.2 Å². The molecule has 0 N–H and O–H groups in total. The van der Waals surface area contributed by atoms with E-state index in [0.29, 0.717) is 22.7 Å². The van der Waals surface area contributed by atoms with Crippen LogP contribution in [0.25, 0.3) is 94.5 Å². The SMILES string of the molecule is [2H]C([2H])([2H])c1cc(-c2[c-]ccc(C([2H])([2H])[2H])c2F)nc[c]1[Ge]([CH3])([CH3])[CH3].[2H]C([2H])([2H])c1ccc(-c2c[c-]c(-c3nc4ccccc4n3-c3cccc4c3oc3ccccc34)c3oc4ncccc4c23)cc1.[Ir]. The second-order valence-electron chi connectivity index (χ2n) is 15.8. The van der Waals surface area contributed by atoms with Crippen LogP contribution in [0.3, 0.4) is 0 Å². The second kappa shape index (κ2) is 16.3. The average molecular weight is 1060 g/mol. The molecule has 0 spiro atoms. The Kier molecular flexibility index (Phi) is 8.29. The molecule has 5 aromatic heterocycles. The van der Waals surface area contributed by atoms with E-state index >= 15 is 0 Å². The van der Waals surface area contributed by atoms with Gasteiger partial charge in [-0.2, -0.15) is 0 Å². The Bertz CT molecular complexity index is 3820. The van der Waals surface area contributed by atoms with Crippen LogP contribution in [0.15, 0.2) is 149 Å². The average Bonchev–Trinajstić information content (AvgIpc) is 4.02. The first-order chi connectivity index (χ1) is 33.2. The topological polar surface area (TPSA) is 69.9 Å². The van der Waals surface area contributed by atoms with Crippen molar-refractivity contribution in [3.8, 4) is 39.5 Å². The molecule has 62 heavy (non-hydrogen) atoms. The summed E-state index contributed by atoms with van der Waals surface area (Å²) in [6, 6.07) is 44.9. The quantitative estimate of drug-likeness (QED) is 0.127. The summed E-state index contributed by atoms with van der Waals surface area (Å²) in [5, 5.41) is 3.77. The maximum atomic E-state index is 14.7. The number of imidazole rings is 1. The van der Waals surface area contributed by atoms with Crippen LogP contribution in [0.2, 0.25) is 17.3 Å². The molecule has 0 atom stereocenters. The summed E-state index contributed by atoms with van der Waals surface area (Å²) >= 11 is -2.52. The third kappa shape index (κ3) is 7.16. The Morgan fingerprint density at radius 2 is 1.52 bits per heavy atom. The minimum absolute atomic E-state index is 0. The Hall–Kier alpha value is -6.19. The van der Waals surface area contributed by atoms with Gasteiger partial charge in [0.05, 0.1) is 28.1 Å². The first kappa shape index (κ1) is 31.6. The zero-order valence-corrected chi connectivity index (χ0v) is 38.1. The normalized spacial score (nSPS) is 14.4. The molecule has 9 heteroatoms. The number of aryl methyl sites for hydroxylation is 3. The number of nitrogens with zero attached hydrogens (tertiary/aromatic N) is 4. The van der Waals surface area contributed by atoms with Crippen LogP contribution in [-0.2, 0) is 20.1 Å². The van der Waals surface area contributed by atoms with E-state index in [0.717, 1.165) is 71.0 Å². The van der Waals surface area contributed by atoms with Gasteiger partial charge in [-0.15, -0.1) is 12.1 Å². The van der Waals surface area contributed by atoms with Gasteiger partial charge in [-0.05, 0) is 48.6 Å². The fourth-order valence-corrected chi connectivity index (χ4v) is 10.7. The van der Waals surface area contributed by atoms with E-state index in [9.17, 15) is 4.39 Å². The molecule has 307 valence electrons. The summed E-state index contributed by atoms with van der Waals surface area (Å²) in [7, 11) is 0. The first-order valence-electron chi connectivity index (χ1n) is 24.1. The molecular formula is C53H41FGeIrN4O2-2. The third-order valence-electron chi connectivity index (χ3n) is 10.8. The van der Waals surface area contributed by atoms with Crippen molar-refractivity contribution in [2.24, 2.45) is 0 Å². The van der Waals surface area contributed by atoms with Crippen molar-refractivity contribution in [3.05, 3.63) is 174 Å². The molecule has 0 saturated heterocycles. The number of para-hydroxylation sites is 4. The van der Waals surface area contributed by atoms with Crippen LogP contribution in [0.5, 0.6) is 0 Å². The monoisotopic (exact) mass is 1060 g/mol. The predicted molar refractivity (Wildman–Crippen MR) is 249 cm³/mol. The fourth-order valence-electron chi connectivity index (χ4n) is 7.90. The molecule has 11 rings (SSSR count). The zero-order chi connectivity index (χ0) is 49.5. The molecule has 0 aliphatic rings. The van der Waals surface area contributed by atoms with Crippen LogP contribution >= 0.6 is 0 Å². The zero-order valence-electron chi connectivity index (χ0n) is 42.6. The number of hydrogen-bond acceptors (Lipinski definition) is 5. The van der Waals surface area contributed by atoms with Crippen molar-refractivity contribution in [1.29, 1.82) is 0 Å². The van der Waals surface area contributed by atoms with Crippen LogP contribution in [0.1, 0.15) is 29.0 Å². The van der Waals surface area contributed by atoms with Gasteiger partial charge < -0.3 is 13.4 Å². The standard InChI is InChI=1S/C37H22N3O2.C16H19FGeN.Ir/c1-22-15-17-23(18-16-22)24-19-20-28(35-33(24)27-10-7-21-38-37(27)42-35)36-39-29-11-3-4-12-30(29)40(36)31-13-6-9-26-25-8-2-5-14-32(25)41-34(26)31;1-11-7-6-8-13(16(11)17)15-9-12(2)14(10-19-15)18(3,4)5;/h2-19,21H,1H3;6-7,9-10H,1-5H3;/q2*-1;/i1D3;1D3,2D3;. The number of benzene rings is 6. The van der Waals surface area contributed by atoms with Crippen molar-refractivity contribution in [3.63, 3.8) is 0 Å². The van der Waals surface area contributed by atoms with Gasteiger partial charge in [0.15, 0.2) is 5.58 Å². The number of halogens is 1. The number of pyridine rings is 2. The number of furan rings is 2. The van der Waals surface area contributed by atoms with Crippen molar-refractivity contribution in [2.75, 3.05) is 0 Å². The maximum Gasteiger partial charge on any atom is 0.216 e. The van der Waals surface area contributed by atoms with Gasteiger partial charge in [0.2, 0.25) is 5.71 Å². The van der Waals surface area contributed by atoms with Crippen molar-refractivity contribution < 1.29 is 45.7 Å². The molecule has 6 aromatic carbocycles. The third-order valence-corrected chi connectivity index (χ3v) is 15.1. The van der Waals surface area contributed by atoms with E-state index in [1.807, 2.05) is 102 Å². The molecular weight excluding hydrogens is 1010 g/mol. The van der Waals surface area contributed by atoms with Crippen LogP contribution in [0.4, 0.5) is 4.39 Å². The minimum atomic E-state index is -2.61. The Morgan fingerprint density at radius 3 is 2.34 bits per heavy atom. The molecule has 0 bridgehead atoms. The fraction of sp³-hybridized carbons (Fsp3) is 0.113.